The molecule has 2 rings (SSSR count). The van der Waals surface area contributed by atoms with Crippen LogP contribution in [0.3, 0.4) is 0 Å². The molecule has 8 nitrogen and oxygen atoms in total. The van der Waals surface area contributed by atoms with E-state index < -0.39 is 35.7 Å². The molecule has 0 spiro atoms. The van der Waals surface area contributed by atoms with Gasteiger partial charge in [-0.3, -0.25) is 14.4 Å². The molecule has 1 aliphatic rings. The van der Waals surface area contributed by atoms with Gasteiger partial charge in [0.2, 0.25) is 11.8 Å². The van der Waals surface area contributed by atoms with Gasteiger partial charge in [0.05, 0.1) is 5.56 Å². The zero-order chi connectivity index (χ0) is 21.0. The van der Waals surface area contributed by atoms with Gasteiger partial charge in [0.25, 0.3) is 5.91 Å². The van der Waals surface area contributed by atoms with E-state index in [2.05, 4.69) is 10.6 Å². The molecular formula is C19H24FN3O5. The van der Waals surface area contributed by atoms with E-state index in [0.717, 1.165) is 6.07 Å². The Morgan fingerprint density at radius 3 is 2.46 bits per heavy atom. The van der Waals surface area contributed by atoms with Crippen molar-refractivity contribution in [3.63, 3.8) is 0 Å². The van der Waals surface area contributed by atoms with Gasteiger partial charge in [-0.15, -0.1) is 0 Å². The number of likely N-dealkylation sites (tertiary alicyclic amines) is 1. The number of anilines is 1. The van der Waals surface area contributed by atoms with Crippen molar-refractivity contribution in [2.75, 3.05) is 11.9 Å². The number of hydrogen-bond donors (Lipinski definition) is 3. The third-order valence-corrected chi connectivity index (χ3v) is 4.57. The van der Waals surface area contributed by atoms with Crippen LogP contribution in [0, 0.1) is 11.7 Å². The minimum atomic E-state index is -1.08. The van der Waals surface area contributed by atoms with Gasteiger partial charge in [-0.1, -0.05) is 13.8 Å². The van der Waals surface area contributed by atoms with Gasteiger partial charge in [0.1, 0.15) is 17.9 Å². The lowest BCUT2D eigenvalue weighted by Crippen LogP contribution is -2.53. The molecule has 3 N–H and O–H groups in total. The minimum absolute atomic E-state index is 0.208. The smallest absolute Gasteiger partial charge is 0.326 e. The summed E-state index contributed by atoms with van der Waals surface area (Å²) in [5.41, 5.74) is -0.0665. The van der Waals surface area contributed by atoms with E-state index in [-0.39, 0.29) is 23.1 Å². The maximum Gasteiger partial charge on any atom is 0.326 e. The number of benzene rings is 1. The molecule has 152 valence electrons. The summed E-state index contributed by atoms with van der Waals surface area (Å²) in [6, 6.07) is 1.71. The van der Waals surface area contributed by atoms with E-state index in [1.807, 2.05) is 0 Å². The first-order valence-corrected chi connectivity index (χ1v) is 9.03. The normalized spacial score (nSPS) is 17.3. The third-order valence-electron chi connectivity index (χ3n) is 4.57. The molecule has 28 heavy (non-hydrogen) atoms. The molecule has 0 saturated carbocycles. The zero-order valence-electron chi connectivity index (χ0n) is 16.0. The van der Waals surface area contributed by atoms with Crippen molar-refractivity contribution in [2.45, 2.75) is 45.7 Å². The summed E-state index contributed by atoms with van der Waals surface area (Å²) in [5.74, 6) is -3.91. The molecule has 3 amide bonds. The van der Waals surface area contributed by atoms with Crippen LogP contribution in [0.1, 0.15) is 44.0 Å². The Balaban J connectivity index is 2.18. The average Bonchev–Trinajstić information content (AvgIpc) is 3.08. The van der Waals surface area contributed by atoms with Crippen LogP contribution in [0.25, 0.3) is 0 Å². The Bertz CT molecular complexity index is 796. The fourth-order valence-electron chi connectivity index (χ4n) is 3.18. The molecule has 1 heterocycles. The predicted molar refractivity (Wildman–Crippen MR) is 99.2 cm³/mol. The highest BCUT2D eigenvalue weighted by Crippen LogP contribution is 2.21. The first-order valence-electron chi connectivity index (χ1n) is 9.03. The number of nitrogens with one attached hydrogen (secondary N) is 2. The highest BCUT2D eigenvalue weighted by molar-refractivity contribution is 5.99. The number of halogens is 1. The molecule has 1 aromatic rings. The molecule has 0 aromatic heterocycles. The lowest BCUT2D eigenvalue weighted by atomic mass is 10.0. The van der Waals surface area contributed by atoms with Crippen molar-refractivity contribution in [1.29, 1.82) is 0 Å². The summed E-state index contributed by atoms with van der Waals surface area (Å²) in [6.45, 7) is 5.00. The second kappa shape index (κ2) is 8.81. The third kappa shape index (κ3) is 4.85. The van der Waals surface area contributed by atoms with Gasteiger partial charge in [-0.05, 0) is 37.0 Å². The van der Waals surface area contributed by atoms with Crippen LogP contribution >= 0.6 is 0 Å². The Morgan fingerprint density at radius 2 is 1.93 bits per heavy atom. The summed E-state index contributed by atoms with van der Waals surface area (Å²) in [4.78, 5) is 49.0. The number of nitrogens with zero attached hydrogens (tertiary/aromatic N) is 1. The van der Waals surface area contributed by atoms with Crippen LogP contribution in [-0.2, 0) is 14.4 Å². The second-order valence-electron chi connectivity index (χ2n) is 7.10. The van der Waals surface area contributed by atoms with Crippen LogP contribution in [0.15, 0.2) is 18.2 Å². The van der Waals surface area contributed by atoms with E-state index in [1.54, 1.807) is 13.8 Å². The summed E-state index contributed by atoms with van der Waals surface area (Å²) in [6.07, 6.45) is 0.930. The zero-order valence-corrected chi connectivity index (χ0v) is 16.0. The maximum atomic E-state index is 14.3. The van der Waals surface area contributed by atoms with Crippen LogP contribution in [-0.4, -0.2) is 52.3 Å². The van der Waals surface area contributed by atoms with Gasteiger partial charge >= 0.3 is 5.97 Å². The Kier molecular flexibility index (Phi) is 6.71. The number of amides is 3. The number of rotatable bonds is 6. The molecule has 0 unspecified atom stereocenters. The molecule has 1 saturated heterocycles. The van der Waals surface area contributed by atoms with Crippen molar-refractivity contribution in [2.24, 2.45) is 5.92 Å². The number of carbonyl (C=O) groups excluding carboxylic acids is 3. The van der Waals surface area contributed by atoms with Gasteiger partial charge in [0.15, 0.2) is 0 Å². The minimum Gasteiger partial charge on any atom is -0.480 e. The number of carboxylic acid groups (broad SMARTS) is 1. The van der Waals surface area contributed by atoms with E-state index >= 15 is 0 Å². The van der Waals surface area contributed by atoms with Crippen molar-refractivity contribution in [1.82, 2.24) is 10.2 Å². The van der Waals surface area contributed by atoms with Gasteiger partial charge in [0, 0.05) is 19.2 Å². The summed E-state index contributed by atoms with van der Waals surface area (Å²) in [7, 11) is 0. The van der Waals surface area contributed by atoms with E-state index in [9.17, 15) is 28.7 Å². The van der Waals surface area contributed by atoms with E-state index in [1.165, 1.54) is 24.0 Å². The monoisotopic (exact) mass is 393 g/mol. The molecule has 1 aliphatic heterocycles. The Hall–Kier alpha value is -2.97. The standard InChI is InChI=1S/C19H24FN3O5/c1-10(2)16(18(26)23-8-4-5-15(23)19(27)28)22-17(25)13-7-6-12(9-14(13)20)21-11(3)24/h6-7,9-10,15-16H,4-5,8H2,1-3H3,(H,21,24)(H,22,25)(H,27,28)/t15-,16-/m0/s1. The van der Waals surface area contributed by atoms with Gasteiger partial charge in [-0.2, -0.15) is 0 Å². The lowest BCUT2D eigenvalue weighted by Gasteiger charge is -2.29. The number of hydrogen-bond acceptors (Lipinski definition) is 4. The van der Waals surface area contributed by atoms with Crippen molar-refractivity contribution in [3.05, 3.63) is 29.6 Å². The number of carboxylic acids is 1. The van der Waals surface area contributed by atoms with Crippen LogP contribution in [0.4, 0.5) is 10.1 Å². The van der Waals surface area contributed by atoms with E-state index in [0.29, 0.717) is 19.4 Å². The molecule has 2 atom stereocenters. The quantitative estimate of drug-likeness (QED) is 0.679. The SMILES string of the molecule is CC(=O)Nc1ccc(C(=O)N[C@H](C(=O)N2CCC[C@H]2C(=O)O)C(C)C)c(F)c1. The predicted octanol–water partition coefficient (Wildman–Crippen LogP) is 1.61. The maximum absolute atomic E-state index is 14.3. The fourth-order valence-corrected chi connectivity index (χ4v) is 3.18. The van der Waals surface area contributed by atoms with Crippen LogP contribution in [0.2, 0.25) is 0 Å². The Labute approximate surface area is 162 Å². The Morgan fingerprint density at radius 1 is 1.25 bits per heavy atom. The van der Waals surface area contributed by atoms with Crippen molar-refractivity contribution >= 4 is 29.4 Å². The number of aliphatic carboxylic acids is 1. The molecular weight excluding hydrogens is 369 g/mol. The van der Waals surface area contributed by atoms with Gasteiger partial charge < -0.3 is 20.6 Å². The molecule has 9 heteroatoms. The average molecular weight is 393 g/mol. The summed E-state index contributed by atoms with van der Waals surface area (Å²) in [5, 5.41) is 14.2. The van der Waals surface area contributed by atoms with Crippen molar-refractivity contribution in [3.8, 4) is 0 Å². The van der Waals surface area contributed by atoms with Gasteiger partial charge in [-0.25, -0.2) is 9.18 Å². The highest BCUT2D eigenvalue weighted by atomic mass is 19.1. The summed E-state index contributed by atoms with van der Waals surface area (Å²) >= 11 is 0. The fraction of sp³-hybridized carbons (Fsp3) is 0.474. The molecule has 0 aliphatic carbocycles. The van der Waals surface area contributed by atoms with Crippen LogP contribution in [0.5, 0.6) is 0 Å². The molecule has 0 radical (unpaired) electrons. The highest BCUT2D eigenvalue weighted by Gasteiger charge is 2.38. The molecule has 1 aromatic carbocycles. The lowest BCUT2D eigenvalue weighted by molar-refractivity contribution is -0.149. The second-order valence-corrected chi connectivity index (χ2v) is 7.10. The largest absolute Gasteiger partial charge is 0.480 e. The first kappa shape index (κ1) is 21.3. The number of carbonyl (C=O) groups is 4. The topological polar surface area (TPSA) is 116 Å². The van der Waals surface area contributed by atoms with Crippen LogP contribution < -0.4 is 10.6 Å². The summed E-state index contributed by atoms with van der Waals surface area (Å²) < 4.78 is 14.3. The van der Waals surface area contributed by atoms with Crippen molar-refractivity contribution < 1.29 is 28.7 Å². The molecule has 1 fully saturated rings. The first-order chi connectivity index (χ1) is 13.1. The molecule has 0 bridgehead atoms. The van der Waals surface area contributed by atoms with E-state index in [4.69, 9.17) is 0 Å².